The number of benzene rings is 1. The SMILES string of the molecule is COc1c(Cl)cc(Cl)cc1[P+](=O)OC. The minimum Gasteiger partial charge on any atom is -0.491 e. The van der Waals surface area contributed by atoms with Crippen molar-refractivity contribution in [3.63, 3.8) is 0 Å². The van der Waals surface area contributed by atoms with E-state index in [1.165, 1.54) is 26.4 Å². The molecule has 1 aromatic rings. The van der Waals surface area contributed by atoms with Crippen molar-refractivity contribution in [2.24, 2.45) is 0 Å². The van der Waals surface area contributed by atoms with E-state index in [4.69, 9.17) is 32.5 Å². The van der Waals surface area contributed by atoms with E-state index in [0.29, 0.717) is 21.1 Å². The zero-order valence-electron chi connectivity index (χ0n) is 7.58. The minimum atomic E-state index is -1.98. The van der Waals surface area contributed by atoms with Crippen LogP contribution in [0.25, 0.3) is 0 Å². The summed E-state index contributed by atoms with van der Waals surface area (Å²) in [7, 11) is 0.806. The van der Waals surface area contributed by atoms with E-state index in [9.17, 15) is 4.57 Å². The molecule has 0 saturated heterocycles. The second-order valence-corrected chi connectivity index (χ2v) is 4.58. The molecule has 0 aliphatic heterocycles. The predicted molar refractivity (Wildman–Crippen MR) is 57.3 cm³/mol. The molecule has 0 aromatic heterocycles. The fraction of sp³-hybridized carbons (Fsp3) is 0.250. The van der Waals surface area contributed by atoms with Gasteiger partial charge in [-0.25, -0.2) is 0 Å². The highest BCUT2D eigenvalue weighted by Crippen LogP contribution is 2.33. The molecule has 0 heterocycles. The van der Waals surface area contributed by atoms with Crippen LogP contribution in [0.4, 0.5) is 0 Å². The summed E-state index contributed by atoms with van der Waals surface area (Å²) in [5, 5.41) is 1.07. The number of halogens is 2. The minimum absolute atomic E-state index is 0.315. The van der Waals surface area contributed by atoms with Crippen molar-refractivity contribution >= 4 is 36.5 Å². The van der Waals surface area contributed by atoms with Crippen molar-refractivity contribution in [1.29, 1.82) is 0 Å². The van der Waals surface area contributed by atoms with Crippen LogP contribution in [-0.2, 0) is 9.09 Å². The van der Waals surface area contributed by atoms with Gasteiger partial charge in [0.1, 0.15) is 0 Å². The fourth-order valence-electron chi connectivity index (χ4n) is 0.983. The first-order chi connectivity index (χ1) is 6.60. The van der Waals surface area contributed by atoms with Gasteiger partial charge in [-0.2, -0.15) is 0 Å². The molecular formula is C8H8Cl2O3P+. The quantitative estimate of drug-likeness (QED) is 0.777. The van der Waals surface area contributed by atoms with Crippen LogP contribution in [0.1, 0.15) is 0 Å². The molecule has 0 amide bonds. The van der Waals surface area contributed by atoms with Crippen molar-refractivity contribution in [3.05, 3.63) is 22.2 Å². The summed E-state index contributed by atoms with van der Waals surface area (Å²) in [6.07, 6.45) is 0. The molecule has 0 N–H and O–H groups in total. The maximum Gasteiger partial charge on any atom is 0.552 e. The smallest absolute Gasteiger partial charge is 0.491 e. The van der Waals surface area contributed by atoms with Gasteiger partial charge in [-0.1, -0.05) is 23.2 Å². The van der Waals surface area contributed by atoms with Gasteiger partial charge < -0.3 is 4.74 Å². The molecule has 1 unspecified atom stereocenters. The summed E-state index contributed by atoms with van der Waals surface area (Å²) in [5.74, 6) is 0.332. The molecule has 0 saturated carbocycles. The van der Waals surface area contributed by atoms with Gasteiger partial charge in [-0.05, 0) is 10.6 Å². The first-order valence-electron chi connectivity index (χ1n) is 3.64. The Hall–Kier alpha value is -0.340. The van der Waals surface area contributed by atoms with Crippen LogP contribution < -0.4 is 10.0 Å². The summed E-state index contributed by atoms with van der Waals surface area (Å²) in [5.41, 5.74) is 0. The number of hydrogen-bond donors (Lipinski definition) is 0. The van der Waals surface area contributed by atoms with Crippen LogP contribution in [0.15, 0.2) is 12.1 Å². The molecule has 1 aromatic carbocycles. The average Bonchev–Trinajstić information content (AvgIpc) is 2.15. The molecule has 1 atom stereocenters. The van der Waals surface area contributed by atoms with E-state index in [2.05, 4.69) is 0 Å². The second-order valence-electron chi connectivity index (χ2n) is 2.38. The molecule has 3 nitrogen and oxygen atoms in total. The predicted octanol–water partition coefficient (Wildman–Crippen LogP) is 3.02. The molecular weight excluding hydrogens is 246 g/mol. The second kappa shape index (κ2) is 4.94. The molecule has 1 rings (SSSR count). The fourth-order valence-corrected chi connectivity index (χ4v) is 2.51. The number of ether oxygens (including phenoxy) is 1. The largest absolute Gasteiger partial charge is 0.552 e. The van der Waals surface area contributed by atoms with Gasteiger partial charge in [0.2, 0.25) is 0 Å². The highest BCUT2D eigenvalue weighted by atomic mass is 35.5. The summed E-state index contributed by atoms with van der Waals surface area (Å²) in [4.78, 5) is 0. The summed E-state index contributed by atoms with van der Waals surface area (Å²) in [6, 6.07) is 3.03. The Morgan fingerprint density at radius 3 is 2.43 bits per heavy atom. The van der Waals surface area contributed by atoms with E-state index >= 15 is 0 Å². The Morgan fingerprint density at radius 2 is 1.93 bits per heavy atom. The van der Waals surface area contributed by atoms with Crippen LogP contribution in [0.3, 0.4) is 0 Å². The molecule has 0 aliphatic carbocycles. The normalized spacial score (nSPS) is 11.3. The highest BCUT2D eigenvalue weighted by molar-refractivity contribution is 7.48. The van der Waals surface area contributed by atoms with E-state index < -0.39 is 8.03 Å². The highest BCUT2D eigenvalue weighted by Gasteiger charge is 2.28. The third-order valence-corrected chi connectivity index (χ3v) is 3.11. The lowest BCUT2D eigenvalue weighted by Crippen LogP contribution is -2.04. The number of hydrogen-bond acceptors (Lipinski definition) is 3. The van der Waals surface area contributed by atoms with Crippen LogP contribution in [0.2, 0.25) is 10.0 Å². The summed E-state index contributed by atoms with van der Waals surface area (Å²) < 4.78 is 21.1. The first kappa shape index (κ1) is 11.7. The van der Waals surface area contributed by atoms with Gasteiger partial charge in [0.05, 0.1) is 19.2 Å². The van der Waals surface area contributed by atoms with Gasteiger partial charge >= 0.3 is 8.03 Å². The molecule has 0 fully saturated rings. The maximum atomic E-state index is 11.4. The zero-order valence-corrected chi connectivity index (χ0v) is 9.99. The topological polar surface area (TPSA) is 35.5 Å². The Bertz CT molecular complexity index is 368. The van der Waals surface area contributed by atoms with Gasteiger partial charge in [-0.15, -0.1) is 4.52 Å². The van der Waals surface area contributed by atoms with Crippen molar-refractivity contribution in [1.82, 2.24) is 0 Å². The van der Waals surface area contributed by atoms with Gasteiger partial charge in [-0.3, -0.25) is 0 Å². The third kappa shape index (κ3) is 2.37. The van der Waals surface area contributed by atoms with Gasteiger partial charge in [0.15, 0.2) is 5.75 Å². The van der Waals surface area contributed by atoms with Crippen molar-refractivity contribution in [2.75, 3.05) is 14.2 Å². The summed E-state index contributed by atoms with van der Waals surface area (Å²) >= 11 is 11.6. The number of rotatable bonds is 3. The standard InChI is InChI=1S/C8H8Cl2O3P/c1-12-8-6(10)3-5(9)4-7(8)14(11)13-2/h3-4H,1-2H3/q+1. The third-order valence-electron chi connectivity index (χ3n) is 1.56. The number of methoxy groups -OCH3 is 1. The molecule has 14 heavy (non-hydrogen) atoms. The zero-order chi connectivity index (χ0) is 10.7. The Labute approximate surface area is 92.8 Å². The molecule has 0 spiro atoms. The Morgan fingerprint density at radius 1 is 1.29 bits per heavy atom. The van der Waals surface area contributed by atoms with E-state index in [-0.39, 0.29) is 0 Å². The molecule has 0 bridgehead atoms. The van der Waals surface area contributed by atoms with Gasteiger partial charge in [0, 0.05) is 11.1 Å². The van der Waals surface area contributed by atoms with E-state index in [1.807, 2.05) is 0 Å². The Kier molecular flexibility index (Phi) is 4.14. The lowest BCUT2D eigenvalue weighted by atomic mass is 10.3. The lowest BCUT2D eigenvalue weighted by Gasteiger charge is -2.02. The van der Waals surface area contributed by atoms with Crippen LogP contribution >= 0.6 is 31.2 Å². The van der Waals surface area contributed by atoms with E-state index in [0.717, 1.165) is 0 Å². The van der Waals surface area contributed by atoms with Crippen molar-refractivity contribution < 1.29 is 13.8 Å². The van der Waals surface area contributed by atoms with Crippen LogP contribution in [0.5, 0.6) is 5.75 Å². The van der Waals surface area contributed by atoms with Crippen molar-refractivity contribution in [2.45, 2.75) is 0 Å². The lowest BCUT2D eigenvalue weighted by molar-refractivity contribution is 0.408. The van der Waals surface area contributed by atoms with Crippen molar-refractivity contribution in [3.8, 4) is 5.75 Å². The molecule has 6 heteroatoms. The van der Waals surface area contributed by atoms with Crippen LogP contribution in [-0.4, -0.2) is 14.2 Å². The summed E-state index contributed by atoms with van der Waals surface area (Å²) in [6.45, 7) is 0. The monoisotopic (exact) mass is 253 g/mol. The van der Waals surface area contributed by atoms with E-state index in [1.54, 1.807) is 0 Å². The first-order valence-corrected chi connectivity index (χ1v) is 5.58. The maximum absolute atomic E-state index is 11.4. The molecule has 0 radical (unpaired) electrons. The molecule has 0 aliphatic rings. The van der Waals surface area contributed by atoms with Gasteiger partial charge in [0.25, 0.3) is 5.30 Å². The Balaban J connectivity index is 3.32. The van der Waals surface area contributed by atoms with Crippen LogP contribution in [0, 0.1) is 0 Å². The molecule has 76 valence electrons. The average molecular weight is 254 g/mol.